The Hall–Kier alpha value is -1.56. The highest BCUT2D eigenvalue weighted by molar-refractivity contribution is 5.87. The molecule has 0 N–H and O–H groups in total. The number of nitrogens with zero attached hydrogens (tertiary/aromatic N) is 2. The molecule has 1 heterocycles. The fourth-order valence-electron chi connectivity index (χ4n) is 1.62. The zero-order valence-electron chi connectivity index (χ0n) is 12.0. The van der Waals surface area contributed by atoms with Gasteiger partial charge in [-0.2, -0.15) is 4.98 Å². The third-order valence-corrected chi connectivity index (χ3v) is 2.40. The van der Waals surface area contributed by atoms with Crippen LogP contribution in [0.15, 0.2) is 10.7 Å². The first-order chi connectivity index (χ1) is 9.08. The zero-order chi connectivity index (χ0) is 14.3. The molecule has 0 unspecified atom stereocenters. The van der Waals surface area contributed by atoms with Crippen LogP contribution in [0.5, 0.6) is 0 Å². The molecule has 0 fully saturated rings. The van der Waals surface area contributed by atoms with Crippen molar-refractivity contribution >= 4 is 12.0 Å². The second-order valence-electron chi connectivity index (χ2n) is 4.57. The number of esters is 1. The summed E-state index contributed by atoms with van der Waals surface area (Å²) in [7, 11) is 1.65. The van der Waals surface area contributed by atoms with E-state index in [4.69, 9.17) is 13.9 Å². The standard InChI is InChI=1S/C13H22N2O4/c1-5-18-12(16)11-9-19-13(14-11)15(6-7-17-4)8-10(2)3/h9-10H,5-8H2,1-4H3. The number of hydrogen-bond acceptors (Lipinski definition) is 6. The molecule has 1 aromatic heterocycles. The zero-order valence-corrected chi connectivity index (χ0v) is 12.0. The summed E-state index contributed by atoms with van der Waals surface area (Å²) in [6.07, 6.45) is 1.33. The minimum Gasteiger partial charge on any atom is -0.461 e. The number of methoxy groups -OCH3 is 1. The highest BCUT2D eigenvalue weighted by atomic mass is 16.5. The molecule has 1 aromatic rings. The Morgan fingerprint density at radius 3 is 2.84 bits per heavy atom. The fraction of sp³-hybridized carbons (Fsp3) is 0.692. The topological polar surface area (TPSA) is 64.8 Å². The Labute approximate surface area is 113 Å². The van der Waals surface area contributed by atoms with Crippen molar-refractivity contribution in [3.05, 3.63) is 12.0 Å². The van der Waals surface area contributed by atoms with Crippen molar-refractivity contribution < 1.29 is 18.7 Å². The van der Waals surface area contributed by atoms with Crippen LogP contribution in [0, 0.1) is 5.92 Å². The highest BCUT2D eigenvalue weighted by Crippen LogP contribution is 2.15. The van der Waals surface area contributed by atoms with Gasteiger partial charge >= 0.3 is 5.97 Å². The molecule has 0 aliphatic rings. The van der Waals surface area contributed by atoms with E-state index in [1.165, 1.54) is 6.26 Å². The second-order valence-corrected chi connectivity index (χ2v) is 4.57. The van der Waals surface area contributed by atoms with Crippen LogP contribution < -0.4 is 4.90 Å². The molecular formula is C13H22N2O4. The van der Waals surface area contributed by atoms with Gasteiger partial charge in [0, 0.05) is 20.2 Å². The average Bonchev–Trinajstić information content (AvgIpc) is 2.84. The maximum Gasteiger partial charge on any atom is 0.360 e. The molecule has 0 saturated heterocycles. The van der Waals surface area contributed by atoms with Crippen molar-refractivity contribution in [1.29, 1.82) is 0 Å². The molecule has 19 heavy (non-hydrogen) atoms. The van der Waals surface area contributed by atoms with Crippen LogP contribution in [0.3, 0.4) is 0 Å². The second kappa shape index (κ2) is 7.78. The molecule has 0 radical (unpaired) electrons. The van der Waals surface area contributed by atoms with Crippen LogP contribution in [0.4, 0.5) is 6.01 Å². The molecule has 1 rings (SSSR count). The summed E-state index contributed by atoms with van der Waals surface area (Å²) in [6, 6.07) is 0.425. The van der Waals surface area contributed by atoms with Gasteiger partial charge in [0.15, 0.2) is 5.69 Å². The maximum atomic E-state index is 11.5. The monoisotopic (exact) mass is 270 g/mol. The smallest absolute Gasteiger partial charge is 0.360 e. The molecule has 0 aliphatic carbocycles. The van der Waals surface area contributed by atoms with Gasteiger partial charge in [0.1, 0.15) is 6.26 Å². The van der Waals surface area contributed by atoms with E-state index in [-0.39, 0.29) is 5.69 Å². The Morgan fingerprint density at radius 2 is 2.26 bits per heavy atom. The lowest BCUT2D eigenvalue weighted by atomic mass is 10.2. The first-order valence-electron chi connectivity index (χ1n) is 6.45. The van der Waals surface area contributed by atoms with E-state index in [9.17, 15) is 4.79 Å². The van der Waals surface area contributed by atoms with Gasteiger partial charge in [-0.15, -0.1) is 0 Å². The van der Waals surface area contributed by atoms with E-state index in [2.05, 4.69) is 18.8 Å². The fourth-order valence-corrected chi connectivity index (χ4v) is 1.62. The number of carbonyl (C=O) groups is 1. The van der Waals surface area contributed by atoms with Gasteiger partial charge in [0.05, 0.1) is 13.2 Å². The summed E-state index contributed by atoms with van der Waals surface area (Å²) < 4.78 is 15.3. The Morgan fingerprint density at radius 1 is 1.53 bits per heavy atom. The van der Waals surface area contributed by atoms with E-state index in [1.54, 1.807) is 14.0 Å². The van der Waals surface area contributed by atoms with Crippen LogP contribution in [-0.4, -0.2) is 44.4 Å². The number of carbonyl (C=O) groups excluding carboxylic acids is 1. The lowest BCUT2D eigenvalue weighted by molar-refractivity contribution is 0.0519. The minimum absolute atomic E-state index is 0.197. The van der Waals surface area contributed by atoms with Gasteiger partial charge in [-0.3, -0.25) is 0 Å². The van der Waals surface area contributed by atoms with Gasteiger partial charge in [0.25, 0.3) is 6.01 Å². The number of anilines is 1. The molecule has 0 aromatic carbocycles. The number of oxazole rings is 1. The molecule has 0 atom stereocenters. The highest BCUT2D eigenvalue weighted by Gasteiger charge is 2.18. The van der Waals surface area contributed by atoms with Crippen LogP contribution in [0.2, 0.25) is 0 Å². The summed E-state index contributed by atoms with van der Waals surface area (Å²) in [6.45, 7) is 8.31. The first-order valence-corrected chi connectivity index (χ1v) is 6.45. The van der Waals surface area contributed by atoms with E-state index in [1.807, 2.05) is 4.90 Å². The molecule has 0 aliphatic heterocycles. The molecule has 0 amide bonds. The number of ether oxygens (including phenoxy) is 2. The molecule has 108 valence electrons. The van der Waals surface area contributed by atoms with Gasteiger partial charge < -0.3 is 18.8 Å². The lowest BCUT2D eigenvalue weighted by Crippen LogP contribution is -2.31. The predicted molar refractivity (Wildman–Crippen MR) is 71.4 cm³/mol. The predicted octanol–water partition coefficient (Wildman–Crippen LogP) is 1.96. The summed E-state index contributed by atoms with van der Waals surface area (Å²) in [5.41, 5.74) is 0.197. The van der Waals surface area contributed by atoms with Crippen molar-refractivity contribution in [3.8, 4) is 0 Å². The quantitative estimate of drug-likeness (QED) is 0.673. The minimum atomic E-state index is -0.464. The van der Waals surface area contributed by atoms with Gasteiger partial charge in [-0.25, -0.2) is 4.79 Å². The number of aromatic nitrogens is 1. The molecule has 6 heteroatoms. The van der Waals surface area contributed by atoms with E-state index in [0.29, 0.717) is 31.7 Å². The van der Waals surface area contributed by atoms with Crippen molar-refractivity contribution in [2.24, 2.45) is 5.92 Å². The van der Waals surface area contributed by atoms with Crippen molar-refractivity contribution in [2.45, 2.75) is 20.8 Å². The summed E-state index contributed by atoms with van der Waals surface area (Å²) in [4.78, 5) is 17.6. The summed E-state index contributed by atoms with van der Waals surface area (Å²) >= 11 is 0. The SMILES string of the molecule is CCOC(=O)c1coc(N(CCOC)CC(C)C)n1. The molecular weight excluding hydrogens is 248 g/mol. The summed E-state index contributed by atoms with van der Waals surface area (Å²) in [5.74, 6) is -0.0106. The van der Waals surface area contributed by atoms with Crippen LogP contribution in [0.1, 0.15) is 31.3 Å². The third-order valence-electron chi connectivity index (χ3n) is 2.40. The van der Waals surface area contributed by atoms with E-state index >= 15 is 0 Å². The molecule has 0 saturated carbocycles. The third kappa shape index (κ3) is 4.90. The van der Waals surface area contributed by atoms with Crippen LogP contribution in [-0.2, 0) is 9.47 Å². The lowest BCUT2D eigenvalue weighted by Gasteiger charge is -2.21. The number of hydrogen-bond donors (Lipinski definition) is 0. The number of rotatable bonds is 8. The average molecular weight is 270 g/mol. The van der Waals surface area contributed by atoms with Gasteiger partial charge in [-0.05, 0) is 12.8 Å². The largest absolute Gasteiger partial charge is 0.461 e. The van der Waals surface area contributed by atoms with E-state index < -0.39 is 5.97 Å². The molecule has 6 nitrogen and oxygen atoms in total. The van der Waals surface area contributed by atoms with Gasteiger partial charge in [-0.1, -0.05) is 13.8 Å². The van der Waals surface area contributed by atoms with Crippen LogP contribution in [0.25, 0.3) is 0 Å². The Balaban J connectivity index is 2.75. The van der Waals surface area contributed by atoms with Crippen LogP contribution >= 0.6 is 0 Å². The van der Waals surface area contributed by atoms with Crippen molar-refractivity contribution in [1.82, 2.24) is 4.98 Å². The van der Waals surface area contributed by atoms with Crippen molar-refractivity contribution in [3.63, 3.8) is 0 Å². The maximum absolute atomic E-state index is 11.5. The first kappa shape index (κ1) is 15.5. The normalized spacial score (nSPS) is 10.8. The Bertz CT molecular complexity index is 390. The molecule has 0 bridgehead atoms. The Kier molecular flexibility index (Phi) is 6.35. The van der Waals surface area contributed by atoms with Gasteiger partial charge in [0.2, 0.25) is 0 Å². The van der Waals surface area contributed by atoms with E-state index in [0.717, 1.165) is 6.54 Å². The molecule has 0 spiro atoms. The summed E-state index contributed by atoms with van der Waals surface area (Å²) in [5, 5.41) is 0. The van der Waals surface area contributed by atoms with Crippen molar-refractivity contribution in [2.75, 3.05) is 38.3 Å².